The third-order valence-electron chi connectivity index (χ3n) is 2.37. The van der Waals surface area contributed by atoms with Gasteiger partial charge in [-0.1, -0.05) is 11.6 Å². The van der Waals surface area contributed by atoms with Crippen LogP contribution in [-0.4, -0.2) is 8.42 Å². The lowest BCUT2D eigenvalue weighted by atomic mass is 10.1. The van der Waals surface area contributed by atoms with Gasteiger partial charge in [0, 0.05) is 20.4 Å². The summed E-state index contributed by atoms with van der Waals surface area (Å²) in [4.78, 5) is 0. The Morgan fingerprint density at radius 2 is 1.88 bits per heavy atom. The predicted octanol–water partition coefficient (Wildman–Crippen LogP) is 4.10. The van der Waals surface area contributed by atoms with Crippen LogP contribution in [0.5, 0.6) is 0 Å². The van der Waals surface area contributed by atoms with Crippen LogP contribution < -0.4 is 0 Å². The van der Waals surface area contributed by atoms with Crippen molar-refractivity contribution in [3.8, 4) is 0 Å². The van der Waals surface area contributed by atoms with Gasteiger partial charge in [0.1, 0.15) is 4.21 Å². The lowest BCUT2D eigenvalue weighted by Crippen LogP contribution is -1.87. The van der Waals surface area contributed by atoms with Gasteiger partial charge in [-0.25, -0.2) is 8.42 Å². The van der Waals surface area contributed by atoms with Gasteiger partial charge in [0.25, 0.3) is 9.05 Å². The largest absolute Gasteiger partial charge is 0.271 e. The number of fused-ring (bicyclic) bond motifs is 1. The molecule has 0 atom stereocenters. The molecule has 0 amide bonds. The molecule has 0 aliphatic heterocycles. The minimum absolute atomic E-state index is 0.203. The molecule has 6 heteroatoms. The highest BCUT2D eigenvalue weighted by Crippen LogP contribution is 2.38. The smallest absolute Gasteiger partial charge is 0.206 e. The third kappa shape index (κ3) is 1.95. The van der Waals surface area contributed by atoms with E-state index >= 15 is 0 Å². The van der Waals surface area contributed by atoms with Crippen molar-refractivity contribution < 1.29 is 8.42 Å². The van der Waals surface area contributed by atoms with E-state index in [1.807, 2.05) is 13.0 Å². The second-order valence-corrected chi connectivity index (χ2v) is 7.77. The molecule has 0 radical (unpaired) electrons. The Bertz CT molecular complexity index is 672. The van der Waals surface area contributed by atoms with E-state index in [0.717, 1.165) is 15.6 Å². The molecule has 2 nitrogen and oxygen atoms in total. The van der Waals surface area contributed by atoms with Crippen molar-refractivity contribution in [2.75, 3.05) is 0 Å². The highest BCUT2D eigenvalue weighted by atomic mass is 35.7. The van der Waals surface area contributed by atoms with E-state index in [1.165, 1.54) is 11.3 Å². The number of rotatable bonds is 1. The summed E-state index contributed by atoms with van der Waals surface area (Å²) >= 11 is 7.13. The first kappa shape index (κ1) is 12.2. The zero-order valence-electron chi connectivity index (χ0n) is 8.54. The Morgan fingerprint density at radius 3 is 2.44 bits per heavy atom. The van der Waals surface area contributed by atoms with E-state index in [0.29, 0.717) is 10.6 Å². The molecule has 0 saturated heterocycles. The second-order valence-electron chi connectivity index (χ2n) is 3.55. The first-order valence-corrected chi connectivity index (χ1v) is 7.95. The number of halogens is 2. The first-order chi connectivity index (χ1) is 7.30. The minimum atomic E-state index is -3.68. The molecular weight excluding hydrogens is 287 g/mol. The molecular formula is C10H8Cl2O2S2. The molecule has 1 aromatic heterocycles. The SMILES string of the molecule is Cc1c(S(=O)(=O)Cl)sc2c(C)cc(Cl)cc12. The van der Waals surface area contributed by atoms with Gasteiger partial charge in [-0.05, 0) is 42.5 Å². The van der Waals surface area contributed by atoms with Crippen molar-refractivity contribution in [2.24, 2.45) is 0 Å². The van der Waals surface area contributed by atoms with E-state index in [9.17, 15) is 8.42 Å². The molecule has 1 heterocycles. The lowest BCUT2D eigenvalue weighted by Gasteiger charge is -1.97. The Kier molecular flexibility index (Phi) is 2.95. The molecule has 0 bridgehead atoms. The van der Waals surface area contributed by atoms with Gasteiger partial charge in [-0.3, -0.25) is 0 Å². The van der Waals surface area contributed by atoms with E-state index in [2.05, 4.69) is 0 Å². The van der Waals surface area contributed by atoms with Crippen molar-refractivity contribution in [2.45, 2.75) is 18.1 Å². The summed E-state index contributed by atoms with van der Waals surface area (Å²) in [5, 5.41) is 1.46. The summed E-state index contributed by atoms with van der Waals surface area (Å²) in [6.45, 7) is 3.64. The molecule has 0 unspecified atom stereocenters. The molecule has 0 spiro atoms. The van der Waals surface area contributed by atoms with E-state index in [4.69, 9.17) is 22.3 Å². The molecule has 0 saturated carbocycles. The van der Waals surface area contributed by atoms with Crippen LogP contribution in [0, 0.1) is 13.8 Å². The third-order valence-corrected chi connectivity index (χ3v) is 6.22. The molecule has 0 fully saturated rings. The maximum absolute atomic E-state index is 11.4. The minimum Gasteiger partial charge on any atom is -0.206 e. The molecule has 0 N–H and O–H groups in total. The fourth-order valence-corrected chi connectivity index (χ4v) is 4.67. The van der Waals surface area contributed by atoms with Crippen molar-refractivity contribution in [3.63, 3.8) is 0 Å². The molecule has 1 aromatic carbocycles. The maximum atomic E-state index is 11.4. The molecule has 2 aromatic rings. The Morgan fingerprint density at radius 1 is 1.25 bits per heavy atom. The molecule has 2 rings (SSSR count). The van der Waals surface area contributed by atoms with Crippen molar-refractivity contribution >= 4 is 52.8 Å². The van der Waals surface area contributed by atoms with Gasteiger partial charge in [-0.2, -0.15) is 0 Å². The number of aryl methyl sites for hydroxylation is 2. The fourth-order valence-electron chi connectivity index (χ4n) is 1.66. The number of hydrogen-bond acceptors (Lipinski definition) is 3. The zero-order valence-corrected chi connectivity index (χ0v) is 11.7. The van der Waals surface area contributed by atoms with Crippen LogP contribution in [0.4, 0.5) is 0 Å². The lowest BCUT2D eigenvalue weighted by molar-refractivity contribution is 0.611. The average Bonchev–Trinajstić information content (AvgIpc) is 2.43. The summed E-state index contributed by atoms with van der Waals surface area (Å²) in [5.41, 5.74) is 1.63. The standard InChI is InChI=1S/C10H8Cl2O2S2/c1-5-3-7(11)4-8-6(2)10(15-9(5)8)16(12,13)14/h3-4H,1-2H3. The van der Waals surface area contributed by atoms with Crippen molar-refractivity contribution in [1.82, 2.24) is 0 Å². The Labute approximate surface area is 107 Å². The quantitative estimate of drug-likeness (QED) is 0.742. The predicted molar refractivity (Wildman–Crippen MR) is 69.3 cm³/mol. The Hall–Kier alpha value is -0.290. The summed E-state index contributed by atoms with van der Waals surface area (Å²) in [6.07, 6.45) is 0. The zero-order chi connectivity index (χ0) is 12.1. The normalized spacial score (nSPS) is 12.2. The summed E-state index contributed by atoms with van der Waals surface area (Å²) < 4.78 is 23.8. The van der Waals surface area contributed by atoms with Crippen LogP contribution in [0.2, 0.25) is 5.02 Å². The molecule has 16 heavy (non-hydrogen) atoms. The number of thiophene rings is 1. The molecule has 0 aliphatic rings. The van der Waals surface area contributed by atoms with Crippen molar-refractivity contribution in [3.05, 3.63) is 28.3 Å². The summed E-state index contributed by atoms with van der Waals surface area (Å²) in [7, 11) is 1.70. The fraction of sp³-hybridized carbons (Fsp3) is 0.200. The van der Waals surface area contributed by atoms with E-state index in [1.54, 1.807) is 13.0 Å². The van der Waals surface area contributed by atoms with Gasteiger partial charge in [0.2, 0.25) is 0 Å². The van der Waals surface area contributed by atoms with Crippen LogP contribution in [0.3, 0.4) is 0 Å². The van der Waals surface area contributed by atoms with E-state index < -0.39 is 9.05 Å². The van der Waals surface area contributed by atoms with Gasteiger partial charge in [-0.15, -0.1) is 11.3 Å². The van der Waals surface area contributed by atoms with Crippen LogP contribution in [0.15, 0.2) is 16.3 Å². The highest BCUT2D eigenvalue weighted by Gasteiger charge is 2.20. The van der Waals surface area contributed by atoms with Gasteiger partial charge >= 0.3 is 0 Å². The first-order valence-electron chi connectivity index (χ1n) is 4.44. The van der Waals surface area contributed by atoms with Crippen LogP contribution in [-0.2, 0) is 9.05 Å². The van der Waals surface area contributed by atoms with E-state index in [-0.39, 0.29) is 4.21 Å². The van der Waals surface area contributed by atoms with Gasteiger partial charge < -0.3 is 0 Å². The Balaban J connectivity index is 2.94. The number of hydrogen-bond donors (Lipinski definition) is 0. The van der Waals surface area contributed by atoms with Crippen molar-refractivity contribution in [1.29, 1.82) is 0 Å². The van der Waals surface area contributed by atoms with Gasteiger partial charge in [0.15, 0.2) is 0 Å². The van der Waals surface area contributed by atoms with Crippen LogP contribution in [0.25, 0.3) is 10.1 Å². The molecule has 0 aliphatic carbocycles. The van der Waals surface area contributed by atoms with Crippen LogP contribution >= 0.6 is 33.6 Å². The highest BCUT2D eigenvalue weighted by molar-refractivity contribution is 8.15. The monoisotopic (exact) mass is 294 g/mol. The average molecular weight is 295 g/mol. The maximum Gasteiger partial charge on any atom is 0.271 e. The number of benzene rings is 1. The molecule has 86 valence electrons. The summed E-state index contributed by atoms with van der Waals surface area (Å²) in [5.74, 6) is 0. The second kappa shape index (κ2) is 3.88. The van der Waals surface area contributed by atoms with Gasteiger partial charge in [0.05, 0.1) is 0 Å². The van der Waals surface area contributed by atoms with Crippen LogP contribution in [0.1, 0.15) is 11.1 Å². The summed E-state index contributed by atoms with van der Waals surface area (Å²) in [6, 6.07) is 3.58. The topological polar surface area (TPSA) is 34.1 Å².